The standard InChI is InChI=1S/C62H44BN3O/c1-32-22-34(3)55(35(4)23-32)41-20-21-51-46(26-41)47-27-42(56-36(5)24-33(2)25-37(56)6)28-50-60(47)65(51)53-30-45(40-18-16-39(31-64)17-19-40)38(7)57-49-29-48-43-12-9-11-15-54(43)67-62(48)58-44-13-8-10-14-52(44)66(61(49)58)63(50)59(53)57/h8-30H,1-7H3. The third-order valence-corrected chi connectivity index (χ3v) is 15.4. The van der Waals surface area contributed by atoms with Gasteiger partial charge < -0.3 is 13.5 Å². The molecule has 67 heavy (non-hydrogen) atoms. The minimum atomic E-state index is -0.151. The first-order valence-electron chi connectivity index (χ1n) is 23.4. The highest BCUT2D eigenvalue weighted by molar-refractivity contribution is 6.90. The van der Waals surface area contributed by atoms with Crippen LogP contribution in [0, 0.1) is 59.8 Å². The molecule has 0 aliphatic carbocycles. The highest BCUT2D eigenvalue weighted by atomic mass is 16.3. The molecule has 9 aromatic carbocycles. The van der Waals surface area contributed by atoms with Crippen molar-refractivity contribution < 1.29 is 4.42 Å². The van der Waals surface area contributed by atoms with Gasteiger partial charge in [0.25, 0.3) is 0 Å². The number of aromatic nitrogens is 2. The van der Waals surface area contributed by atoms with Crippen molar-refractivity contribution >= 4 is 83.3 Å². The van der Waals surface area contributed by atoms with Gasteiger partial charge in [-0.25, -0.2) is 0 Å². The largest absolute Gasteiger partial charge is 0.455 e. The minimum Gasteiger partial charge on any atom is -0.455 e. The zero-order chi connectivity index (χ0) is 45.3. The summed E-state index contributed by atoms with van der Waals surface area (Å²) < 4.78 is 12.2. The molecular formula is C62H44BN3O. The Morgan fingerprint density at radius 2 is 1.15 bits per heavy atom. The Morgan fingerprint density at radius 1 is 0.507 bits per heavy atom. The molecule has 0 fully saturated rings. The van der Waals surface area contributed by atoms with Crippen molar-refractivity contribution in [3.05, 3.63) is 184 Å². The molecule has 2 aliphatic heterocycles. The first-order valence-corrected chi connectivity index (χ1v) is 23.4. The average Bonchev–Trinajstić information content (AvgIpc) is 3.97. The summed E-state index contributed by atoms with van der Waals surface area (Å²) in [7, 11) is 0. The van der Waals surface area contributed by atoms with Crippen LogP contribution in [0.5, 0.6) is 0 Å². The molecule has 2 aliphatic rings. The Hall–Kier alpha value is -8.07. The number of hydrogen-bond acceptors (Lipinski definition) is 2. The Morgan fingerprint density at radius 3 is 1.87 bits per heavy atom. The fourth-order valence-corrected chi connectivity index (χ4v) is 13.1. The summed E-state index contributed by atoms with van der Waals surface area (Å²) in [5, 5.41) is 17.0. The number of para-hydroxylation sites is 2. The molecule has 5 heteroatoms. The van der Waals surface area contributed by atoms with Gasteiger partial charge in [-0.3, -0.25) is 0 Å². The third-order valence-electron chi connectivity index (χ3n) is 15.4. The van der Waals surface area contributed by atoms with Gasteiger partial charge in [-0.05, 0) is 181 Å². The molecule has 0 saturated heterocycles. The van der Waals surface area contributed by atoms with E-state index in [-0.39, 0.29) is 6.85 Å². The lowest BCUT2D eigenvalue weighted by molar-refractivity contribution is 0.673. The van der Waals surface area contributed by atoms with E-state index in [9.17, 15) is 5.26 Å². The molecule has 0 bridgehead atoms. The normalized spacial score (nSPS) is 12.7. The maximum atomic E-state index is 9.87. The van der Waals surface area contributed by atoms with Gasteiger partial charge in [-0.1, -0.05) is 96.1 Å². The zero-order valence-electron chi connectivity index (χ0n) is 38.6. The van der Waals surface area contributed by atoms with E-state index in [0.717, 1.165) is 38.5 Å². The summed E-state index contributed by atoms with van der Waals surface area (Å²) in [6.07, 6.45) is 0. The Labute approximate surface area is 389 Å². The number of furan rings is 1. The van der Waals surface area contributed by atoms with Crippen molar-refractivity contribution in [3.63, 3.8) is 0 Å². The molecule has 0 saturated carbocycles. The first kappa shape index (κ1) is 38.2. The first-order chi connectivity index (χ1) is 32.6. The third kappa shape index (κ3) is 4.97. The molecule has 3 aromatic heterocycles. The molecule has 0 atom stereocenters. The van der Waals surface area contributed by atoms with Crippen molar-refractivity contribution in [2.45, 2.75) is 48.5 Å². The van der Waals surface area contributed by atoms with E-state index in [2.05, 4.69) is 191 Å². The van der Waals surface area contributed by atoms with Crippen LogP contribution < -0.4 is 10.9 Å². The number of hydrogen-bond donors (Lipinski definition) is 0. The topological polar surface area (TPSA) is 46.8 Å². The molecule has 12 aromatic rings. The molecule has 14 rings (SSSR count). The van der Waals surface area contributed by atoms with Gasteiger partial charge in [0.05, 0.1) is 28.1 Å². The van der Waals surface area contributed by atoms with Crippen molar-refractivity contribution in [1.29, 1.82) is 5.26 Å². The molecule has 0 N–H and O–H groups in total. The van der Waals surface area contributed by atoms with Crippen LogP contribution in [0.15, 0.2) is 144 Å². The molecule has 5 heterocycles. The fourth-order valence-electron chi connectivity index (χ4n) is 13.1. The zero-order valence-corrected chi connectivity index (χ0v) is 38.6. The quantitative estimate of drug-likeness (QED) is 0.166. The van der Waals surface area contributed by atoms with Crippen LogP contribution in [0.3, 0.4) is 0 Å². The Kier molecular flexibility index (Phi) is 7.57. The second kappa shape index (κ2) is 13.3. The van der Waals surface area contributed by atoms with Crippen molar-refractivity contribution in [2.75, 3.05) is 0 Å². The van der Waals surface area contributed by atoms with Crippen molar-refractivity contribution in [3.8, 4) is 56.3 Å². The summed E-state index contributed by atoms with van der Waals surface area (Å²) in [6, 6.07) is 54.3. The predicted molar refractivity (Wildman–Crippen MR) is 281 cm³/mol. The minimum absolute atomic E-state index is 0.151. The lowest BCUT2D eigenvalue weighted by Crippen LogP contribution is -2.55. The summed E-state index contributed by atoms with van der Waals surface area (Å²) in [5.41, 5.74) is 29.9. The molecular weight excluding hydrogens is 814 g/mol. The smallest absolute Gasteiger partial charge is 0.333 e. The van der Waals surface area contributed by atoms with E-state index in [1.54, 1.807) is 0 Å². The highest BCUT2D eigenvalue weighted by Gasteiger charge is 2.44. The van der Waals surface area contributed by atoms with Gasteiger partial charge in [-0.15, -0.1) is 0 Å². The second-order valence-corrected chi connectivity index (χ2v) is 19.5. The van der Waals surface area contributed by atoms with E-state index in [4.69, 9.17) is 4.42 Å². The molecule has 0 radical (unpaired) electrons. The fraction of sp³-hybridized carbons (Fsp3) is 0.113. The number of nitrogens with zero attached hydrogens (tertiary/aromatic N) is 3. The predicted octanol–water partition coefficient (Wildman–Crippen LogP) is 14.8. The van der Waals surface area contributed by atoms with Crippen molar-refractivity contribution in [2.24, 2.45) is 0 Å². The number of aryl methyl sites for hydroxylation is 6. The lowest BCUT2D eigenvalue weighted by atomic mass is 9.45. The number of rotatable bonds is 3. The Bertz CT molecular complexity index is 4250. The van der Waals surface area contributed by atoms with E-state index in [1.165, 1.54) is 127 Å². The van der Waals surface area contributed by atoms with Crippen molar-refractivity contribution in [1.82, 2.24) is 9.05 Å². The summed E-state index contributed by atoms with van der Waals surface area (Å²) in [6.45, 7) is 15.6. The second-order valence-electron chi connectivity index (χ2n) is 19.5. The van der Waals surface area contributed by atoms with Gasteiger partial charge >= 0.3 is 6.85 Å². The Balaban J connectivity index is 1.21. The van der Waals surface area contributed by atoms with E-state index < -0.39 is 0 Å². The van der Waals surface area contributed by atoms with E-state index in [0.29, 0.717) is 5.56 Å². The SMILES string of the molecule is Cc1cc(C)c(-c2ccc3c(c2)c2cc(-c4c(C)cc(C)cc4C)cc4c2n3-c2cc(-c3ccc(C#N)cc3)c(C)c3c2B4n2c4ccccc4c4c5oc6ccccc6c5cc-3c42)c(C)c1. The van der Waals surface area contributed by atoms with Crippen LogP contribution >= 0.6 is 0 Å². The van der Waals surface area contributed by atoms with Gasteiger partial charge in [0.15, 0.2) is 0 Å². The molecule has 4 nitrogen and oxygen atoms in total. The monoisotopic (exact) mass is 857 g/mol. The number of nitriles is 1. The van der Waals surface area contributed by atoms with Crippen LogP contribution in [0.2, 0.25) is 0 Å². The number of benzene rings is 9. The van der Waals surface area contributed by atoms with E-state index >= 15 is 0 Å². The van der Waals surface area contributed by atoms with Gasteiger partial charge in [0.2, 0.25) is 0 Å². The summed E-state index contributed by atoms with van der Waals surface area (Å²) >= 11 is 0. The van der Waals surface area contributed by atoms with Crippen LogP contribution in [-0.4, -0.2) is 15.9 Å². The average molecular weight is 858 g/mol. The van der Waals surface area contributed by atoms with Gasteiger partial charge in [-0.2, -0.15) is 5.26 Å². The van der Waals surface area contributed by atoms with Crippen LogP contribution in [-0.2, 0) is 0 Å². The van der Waals surface area contributed by atoms with Crippen LogP contribution in [0.1, 0.15) is 44.5 Å². The number of fused-ring (bicyclic) bond motifs is 14. The molecule has 0 spiro atoms. The summed E-state index contributed by atoms with van der Waals surface area (Å²) in [5.74, 6) is 0. The molecule has 0 unspecified atom stereocenters. The lowest BCUT2D eigenvalue weighted by Gasteiger charge is -2.36. The maximum Gasteiger partial charge on any atom is 0.333 e. The van der Waals surface area contributed by atoms with Crippen LogP contribution in [0.4, 0.5) is 0 Å². The molecule has 0 amide bonds. The molecule has 316 valence electrons. The summed E-state index contributed by atoms with van der Waals surface area (Å²) in [4.78, 5) is 0. The van der Waals surface area contributed by atoms with Crippen LogP contribution in [0.25, 0.3) is 116 Å². The maximum absolute atomic E-state index is 9.87. The van der Waals surface area contributed by atoms with E-state index in [1.807, 2.05) is 12.1 Å². The highest BCUT2D eigenvalue weighted by Crippen LogP contribution is 2.50. The van der Waals surface area contributed by atoms with Gasteiger partial charge in [0.1, 0.15) is 11.2 Å². The van der Waals surface area contributed by atoms with Gasteiger partial charge in [0, 0.05) is 49.2 Å².